The summed E-state index contributed by atoms with van der Waals surface area (Å²) in [5.41, 5.74) is 2.44. The van der Waals surface area contributed by atoms with Crippen LogP contribution in [0.25, 0.3) is 31.7 Å². The average Bonchev–Trinajstić information content (AvgIpc) is 3.33. The second-order valence-corrected chi connectivity index (χ2v) is 7.91. The van der Waals surface area contributed by atoms with Gasteiger partial charge in [0.15, 0.2) is 0 Å². The van der Waals surface area contributed by atoms with E-state index in [2.05, 4.69) is 58.2 Å². The normalized spacial score (nSPS) is 11.3. The lowest BCUT2D eigenvalue weighted by Gasteiger charge is -1.95. The number of nitrogens with zero attached hydrogens (tertiary/aromatic N) is 1. The molecular formula is C19H13NS3. The van der Waals surface area contributed by atoms with Crippen LogP contribution >= 0.6 is 34.0 Å². The van der Waals surface area contributed by atoms with Crippen molar-refractivity contribution in [3.8, 4) is 19.5 Å². The van der Waals surface area contributed by atoms with Crippen LogP contribution in [-0.4, -0.2) is 4.98 Å². The third-order valence-corrected chi connectivity index (χ3v) is 6.70. The smallest absolute Gasteiger partial charge is 0.0521 e. The fourth-order valence-electron chi connectivity index (χ4n) is 2.33. The van der Waals surface area contributed by atoms with Crippen molar-refractivity contribution in [3.63, 3.8) is 0 Å². The van der Waals surface area contributed by atoms with Gasteiger partial charge in [0.1, 0.15) is 0 Å². The number of pyridine rings is 1. The van der Waals surface area contributed by atoms with E-state index < -0.39 is 0 Å². The summed E-state index contributed by atoms with van der Waals surface area (Å²) in [7, 11) is 0. The molecule has 0 fully saturated rings. The summed E-state index contributed by atoms with van der Waals surface area (Å²) in [6.07, 6.45) is 8.01. The van der Waals surface area contributed by atoms with E-state index in [1.807, 2.05) is 35.9 Å². The topological polar surface area (TPSA) is 12.9 Å². The Morgan fingerprint density at radius 3 is 2.22 bits per heavy atom. The first-order valence-corrected chi connectivity index (χ1v) is 9.77. The standard InChI is InChI=1S/C19H13NS3/c1-3-16(21-11-1)18-13-15(6-5-14-7-9-20-10-8-14)19(23-18)17-4-2-12-22-17/h1-13H. The van der Waals surface area contributed by atoms with Crippen LogP contribution < -0.4 is 0 Å². The first-order valence-electron chi connectivity index (χ1n) is 7.20. The number of aromatic nitrogens is 1. The third-order valence-electron chi connectivity index (χ3n) is 3.43. The van der Waals surface area contributed by atoms with Gasteiger partial charge in [0.25, 0.3) is 0 Å². The first kappa shape index (κ1) is 14.6. The maximum atomic E-state index is 4.07. The van der Waals surface area contributed by atoms with Crippen molar-refractivity contribution in [2.75, 3.05) is 0 Å². The van der Waals surface area contributed by atoms with E-state index in [0.29, 0.717) is 0 Å². The summed E-state index contributed by atoms with van der Waals surface area (Å²) < 4.78 is 0. The van der Waals surface area contributed by atoms with Crippen molar-refractivity contribution < 1.29 is 0 Å². The van der Waals surface area contributed by atoms with Crippen molar-refractivity contribution >= 4 is 46.2 Å². The molecule has 0 aromatic carbocycles. The summed E-state index contributed by atoms with van der Waals surface area (Å²) in [4.78, 5) is 9.40. The predicted molar refractivity (Wildman–Crippen MR) is 104 cm³/mol. The fourth-order valence-corrected chi connectivity index (χ4v) is 5.18. The summed E-state index contributed by atoms with van der Waals surface area (Å²) in [5, 5.41) is 4.27. The zero-order chi connectivity index (χ0) is 15.5. The third kappa shape index (κ3) is 3.20. The predicted octanol–water partition coefficient (Wildman–Crippen LogP) is 6.77. The summed E-state index contributed by atoms with van der Waals surface area (Å²) in [5.74, 6) is 0. The molecule has 0 spiro atoms. The highest BCUT2D eigenvalue weighted by Crippen LogP contribution is 2.42. The fraction of sp³-hybridized carbons (Fsp3) is 0. The van der Waals surface area contributed by atoms with Crippen LogP contribution in [0.3, 0.4) is 0 Å². The molecule has 0 aliphatic carbocycles. The van der Waals surface area contributed by atoms with Crippen molar-refractivity contribution in [3.05, 3.63) is 76.7 Å². The largest absolute Gasteiger partial charge is 0.265 e. The molecule has 4 rings (SSSR count). The highest BCUT2D eigenvalue weighted by molar-refractivity contribution is 7.26. The van der Waals surface area contributed by atoms with Gasteiger partial charge >= 0.3 is 0 Å². The quantitative estimate of drug-likeness (QED) is 0.395. The van der Waals surface area contributed by atoms with E-state index in [-0.39, 0.29) is 0 Å². The molecule has 1 nitrogen and oxygen atoms in total. The van der Waals surface area contributed by atoms with Crippen molar-refractivity contribution in [2.24, 2.45) is 0 Å². The lowest BCUT2D eigenvalue weighted by Crippen LogP contribution is -1.74. The Balaban J connectivity index is 1.76. The van der Waals surface area contributed by atoms with Gasteiger partial charge in [-0.1, -0.05) is 24.3 Å². The van der Waals surface area contributed by atoms with Crippen LogP contribution in [0.5, 0.6) is 0 Å². The van der Waals surface area contributed by atoms with Gasteiger partial charge in [-0.15, -0.1) is 34.0 Å². The Labute approximate surface area is 147 Å². The van der Waals surface area contributed by atoms with Gasteiger partial charge in [0, 0.05) is 27.0 Å². The number of hydrogen-bond donors (Lipinski definition) is 0. The molecule has 0 unspecified atom stereocenters. The SMILES string of the molecule is C(=Cc1cc(-c2cccs2)sc1-c1cccs1)c1ccncc1. The second-order valence-electron chi connectivity index (χ2n) is 4.96. The molecule has 0 N–H and O–H groups in total. The minimum absolute atomic E-state index is 1.17. The maximum Gasteiger partial charge on any atom is 0.0521 e. The van der Waals surface area contributed by atoms with Crippen LogP contribution in [0.2, 0.25) is 0 Å². The monoisotopic (exact) mass is 351 g/mol. The van der Waals surface area contributed by atoms with E-state index in [9.17, 15) is 0 Å². The molecule has 4 heterocycles. The van der Waals surface area contributed by atoms with E-state index >= 15 is 0 Å². The van der Waals surface area contributed by atoms with Crippen LogP contribution in [0.4, 0.5) is 0 Å². The number of hydrogen-bond acceptors (Lipinski definition) is 4. The lowest BCUT2D eigenvalue weighted by molar-refractivity contribution is 1.32. The van der Waals surface area contributed by atoms with Crippen molar-refractivity contribution in [1.82, 2.24) is 4.98 Å². The van der Waals surface area contributed by atoms with E-state index in [0.717, 1.165) is 0 Å². The number of thiophene rings is 3. The highest BCUT2D eigenvalue weighted by Gasteiger charge is 2.12. The Kier molecular flexibility index (Phi) is 4.20. The molecule has 0 aliphatic heterocycles. The minimum Gasteiger partial charge on any atom is -0.265 e. The van der Waals surface area contributed by atoms with Crippen molar-refractivity contribution in [1.29, 1.82) is 0 Å². The second kappa shape index (κ2) is 6.62. The van der Waals surface area contributed by atoms with Gasteiger partial charge in [0.05, 0.1) is 4.88 Å². The van der Waals surface area contributed by atoms with Gasteiger partial charge in [-0.25, -0.2) is 0 Å². The van der Waals surface area contributed by atoms with Crippen LogP contribution in [0, 0.1) is 0 Å². The first-order chi connectivity index (χ1) is 11.4. The van der Waals surface area contributed by atoms with Crippen LogP contribution in [-0.2, 0) is 0 Å². The minimum atomic E-state index is 1.17. The van der Waals surface area contributed by atoms with Gasteiger partial charge in [-0.3, -0.25) is 4.98 Å². The van der Waals surface area contributed by atoms with Gasteiger partial charge in [0.2, 0.25) is 0 Å². The van der Waals surface area contributed by atoms with Gasteiger partial charge in [-0.05, 0) is 52.2 Å². The summed E-state index contributed by atoms with van der Waals surface area (Å²) in [6, 6.07) is 14.9. The van der Waals surface area contributed by atoms with Crippen LogP contribution in [0.1, 0.15) is 11.1 Å². The molecule has 23 heavy (non-hydrogen) atoms. The zero-order valence-electron chi connectivity index (χ0n) is 12.2. The van der Waals surface area contributed by atoms with Gasteiger partial charge in [-0.2, -0.15) is 0 Å². The number of rotatable bonds is 4. The molecule has 0 aliphatic rings. The van der Waals surface area contributed by atoms with Crippen molar-refractivity contribution in [2.45, 2.75) is 0 Å². The molecule has 4 aromatic rings. The lowest BCUT2D eigenvalue weighted by atomic mass is 10.1. The van der Waals surface area contributed by atoms with Gasteiger partial charge < -0.3 is 0 Å². The highest BCUT2D eigenvalue weighted by atomic mass is 32.1. The Bertz CT molecular complexity index is 901. The van der Waals surface area contributed by atoms with E-state index in [1.165, 1.54) is 30.6 Å². The molecule has 4 aromatic heterocycles. The Morgan fingerprint density at radius 2 is 1.52 bits per heavy atom. The van der Waals surface area contributed by atoms with E-state index in [1.54, 1.807) is 22.7 Å². The average molecular weight is 352 g/mol. The summed E-state index contributed by atoms with van der Waals surface area (Å²) in [6.45, 7) is 0. The molecule has 112 valence electrons. The molecular weight excluding hydrogens is 338 g/mol. The molecule has 0 saturated carbocycles. The molecule has 0 atom stereocenters. The zero-order valence-corrected chi connectivity index (χ0v) is 14.6. The van der Waals surface area contributed by atoms with Crippen LogP contribution in [0.15, 0.2) is 65.6 Å². The molecule has 0 amide bonds. The summed E-state index contributed by atoms with van der Waals surface area (Å²) >= 11 is 5.45. The Morgan fingerprint density at radius 1 is 0.783 bits per heavy atom. The Hall–Kier alpha value is -2.01. The maximum absolute atomic E-state index is 4.07. The van der Waals surface area contributed by atoms with E-state index in [4.69, 9.17) is 0 Å². The molecule has 4 heteroatoms. The molecule has 0 bridgehead atoms. The molecule has 0 saturated heterocycles. The molecule has 0 radical (unpaired) electrons.